The molecule has 100 valence electrons. The maximum atomic E-state index is 10.9. The highest BCUT2D eigenvalue weighted by Crippen LogP contribution is 2.28. The molecule has 0 heterocycles. The van der Waals surface area contributed by atoms with Gasteiger partial charge in [-0.2, -0.15) is 0 Å². The Hall–Kier alpha value is -1.15. The van der Waals surface area contributed by atoms with E-state index in [1.54, 1.807) is 0 Å². The molecule has 2 nitrogen and oxygen atoms in total. The second kappa shape index (κ2) is 6.14. The predicted octanol–water partition coefficient (Wildman–Crippen LogP) is 3.90. The zero-order valence-electron chi connectivity index (χ0n) is 12.1. The highest BCUT2D eigenvalue weighted by Gasteiger charge is 2.20. The van der Waals surface area contributed by atoms with Gasteiger partial charge in [0.25, 0.3) is 0 Å². The van der Waals surface area contributed by atoms with Crippen LogP contribution in [0.4, 0.5) is 0 Å². The van der Waals surface area contributed by atoms with Crippen molar-refractivity contribution in [3.05, 3.63) is 35.4 Å². The molecule has 0 amide bonds. The number of carbonyl (C=O) groups is 1. The van der Waals surface area contributed by atoms with E-state index in [1.807, 2.05) is 13.8 Å². The number of hydrogen-bond acceptors (Lipinski definition) is 2. The van der Waals surface area contributed by atoms with Crippen molar-refractivity contribution >= 4 is 6.29 Å². The summed E-state index contributed by atoms with van der Waals surface area (Å²) in [5.41, 5.74) is 2.51. The summed E-state index contributed by atoms with van der Waals surface area (Å²) in [6.07, 6.45) is 0.819. The average molecular weight is 248 g/mol. The van der Waals surface area contributed by atoms with Crippen molar-refractivity contribution in [1.29, 1.82) is 0 Å². The van der Waals surface area contributed by atoms with E-state index < -0.39 is 0 Å². The van der Waals surface area contributed by atoms with Gasteiger partial charge in [-0.1, -0.05) is 52.0 Å². The summed E-state index contributed by atoms with van der Waals surface area (Å²) in [7, 11) is 0. The molecule has 0 saturated carbocycles. The van der Waals surface area contributed by atoms with Crippen LogP contribution in [0.2, 0.25) is 0 Å². The van der Waals surface area contributed by atoms with Gasteiger partial charge in [-0.3, -0.25) is 0 Å². The SMILES string of the molecule is CCOC(c1ccc(C(C)(C)C)cc1)C(C)C=O. The van der Waals surface area contributed by atoms with Gasteiger partial charge in [0, 0.05) is 12.5 Å². The van der Waals surface area contributed by atoms with Gasteiger partial charge in [0.05, 0.1) is 6.10 Å². The van der Waals surface area contributed by atoms with Crippen LogP contribution in [0, 0.1) is 5.92 Å². The smallest absolute Gasteiger partial charge is 0.125 e. The molecule has 0 radical (unpaired) electrons. The predicted molar refractivity (Wildman–Crippen MR) is 74.7 cm³/mol. The van der Waals surface area contributed by atoms with Crippen LogP contribution in [0.3, 0.4) is 0 Å². The highest BCUT2D eigenvalue weighted by molar-refractivity contribution is 5.54. The van der Waals surface area contributed by atoms with Crippen LogP contribution in [0.5, 0.6) is 0 Å². The quantitative estimate of drug-likeness (QED) is 0.739. The van der Waals surface area contributed by atoms with Crippen LogP contribution in [0.1, 0.15) is 51.8 Å². The Balaban J connectivity index is 2.97. The first-order chi connectivity index (χ1) is 8.40. The fourth-order valence-electron chi connectivity index (χ4n) is 1.98. The summed E-state index contributed by atoms with van der Waals surface area (Å²) >= 11 is 0. The third-order valence-corrected chi connectivity index (χ3v) is 3.14. The van der Waals surface area contributed by atoms with E-state index >= 15 is 0 Å². The van der Waals surface area contributed by atoms with Crippen molar-refractivity contribution in [2.24, 2.45) is 5.92 Å². The molecule has 0 fully saturated rings. The van der Waals surface area contributed by atoms with Crippen LogP contribution in [-0.2, 0) is 14.9 Å². The Labute approximate surface area is 110 Å². The number of carbonyl (C=O) groups excluding carboxylic acids is 1. The van der Waals surface area contributed by atoms with Crippen molar-refractivity contribution in [3.8, 4) is 0 Å². The lowest BCUT2D eigenvalue weighted by atomic mass is 9.86. The van der Waals surface area contributed by atoms with E-state index in [9.17, 15) is 4.79 Å². The number of ether oxygens (including phenoxy) is 1. The molecule has 2 heteroatoms. The van der Waals surface area contributed by atoms with Gasteiger partial charge in [0.1, 0.15) is 6.29 Å². The van der Waals surface area contributed by atoms with Crippen LogP contribution in [0.25, 0.3) is 0 Å². The molecule has 1 aromatic carbocycles. The summed E-state index contributed by atoms with van der Waals surface area (Å²) in [6, 6.07) is 8.39. The average Bonchev–Trinajstić information content (AvgIpc) is 2.34. The van der Waals surface area contributed by atoms with Crippen molar-refractivity contribution in [3.63, 3.8) is 0 Å². The maximum Gasteiger partial charge on any atom is 0.125 e. The summed E-state index contributed by atoms with van der Waals surface area (Å²) in [6.45, 7) is 11.0. The molecule has 0 aromatic heterocycles. The summed E-state index contributed by atoms with van der Waals surface area (Å²) in [4.78, 5) is 10.9. The van der Waals surface area contributed by atoms with Crippen molar-refractivity contribution in [2.45, 2.75) is 46.1 Å². The van der Waals surface area contributed by atoms with E-state index in [2.05, 4.69) is 45.0 Å². The molecule has 0 bridgehead atoms. The Morgan fingerprint density at radius 3 is 2.17 bits per heavy atom. The first kappa shape index (κ1) is 14.9. The molecular formula is C16H24O2. The minimum Gasteiger partial charge on any atom is -0.373 e. The van der Waals surface area contributed by atoms with Crippen LogP contribution in [-0.4, -0.2) is 12.9 Å². The first-order valence-corrected chi connectivity index (χ1v) is 6.57. The largest absolute Gasteiger partial charge is 0.373 e. The van der Waals surface area contributed by atoms with Crippen LogP contribution >= 0.6 is 0 Å². The molecule has 0 spiro atoms. The zero-order valence-corrected chi connectivity index (χ0v) is 12.1. The standard InChI is InChI=1S/C16H24O2/c1-6-18-15(12(2)11-17)13-7-9-14(10-8-13)16(3,4)5/h7-12,15H,6H2,1-5H3. The molecule has 0 aliphatic carbocycles. The monoisotopic (exact) mass is 248 g/mol. The fraction of sp³-hybridized carbons (Fsp3) is 0.562. The molecule has 0 N–H and O–H groups in total. The van der Waals surface area contributed by atoms with Crippen molar-refractivity contribution in [1.82, 2.24) is 0 Å². The van der Waals surface area contributed by atoms with Gasteiger partial charge >= 0.3 is 0 Å². The molecule has 0 aliphatic rings. The van der Waals surface area contributed by atoms with Gasteiger partial charge in [0.15, 0.2) is 0 Å². The van der Waals surface area contributed by atoms with Gasteiger partial charge in [-0.25, -0.2) is 0 Å². The Bertz CT molecular complexity index is 373. The van der Waals surface area contributed by atoms with Crippen molar-refractivity contribution < 1.29 is 9.53 Å². The van der Waals surface area contributed by atoms with E-state index in [4.69, 9.17) is 4.74 Å². The first-order valence-electron chi connectivity index (χ1n) is 6.57. The molecular weight excluding hydrogens is 224 g/mol. The lowest BCUT2D eigenvalue weighted by Crippen LogP contribution is -2.16. The fourth-order valence-corrected chi connectivity index (χ4v) is 1.98. The highest BCUT2D eigenvalue weighted by atomic mass is 16.5. The molecule has 1 rings (SSSR count). The van der Waals surface area contributed by atoms with Crippen LogP contribution in [0.15, 0.2) is 24.3 Å². The zero-order chi connectivity index (χ0) is 13.8. The van der Waals surface area contributed by atoms with Gasteiger partial charge < -0.3 is 9.53 Å². The van der Waals surface area contributed by atoms with E-state index in [1.165, 1.54) is 5.56 Å². The molecule has 0 saturated heterocycles. The third-order valence-electron chi connectivity index (χ3n) is 3.14. The number of rotatable bonds is 5. The van der Waals surface area contributed by atoms with Gasteiger partial charge in [0.2, 0.25) is 0 Å². The lowest BCUT2D eigenvalue weighted by molar-refractivity contribution is -0.115. The summed E-state index contributed by atoms with van der Waals surface area (Å²) in [5.74, 6) is -0.120. The number of aldehydes is 1. The van der Waals surface area contributed by atoms with Crippen molar-refractivity contribution in [2.75, 3.05) is 6.61 Å². The topological polar surface area (TPSA) is 26.3 Å². The number of hydrogen-bond donors (Lipinski definition) is 0. The van der Waals surface area contributed by atoms with Crippen LogP contribution < -0.4 is 0 Å². The molecule has 0 aliphatic heterocycles. The van der Waals surface area contributed by atoms with E-state index in [0.29, 0.717) is 6.61 Å². The Morgan fingerprint density at radius 1 is 1.22 bits per heavy atom. The molecule has 2 unspecified atom stereocenters. The molecule has 18 heavy (non-hydrogen) atoms. The maximum absolute atomic E-state index is 10.9. The summed E-state index contributed by atoms with van der Waals surface area (Å²) < 4.78 is 5.67. The molecule has 2 atom stereocenters. The second-order valence-electron chi connectivity index (χ2n) is 5.74. The third kappa shape index (κ3) is 3.67. The Morgan fingerprint density at radius 2 is 1.78 bits per heavy atom. The normalized spacial score (nSPS) is 15.2. The Kier molecular flexibility index (Phi) is 5.09. The lowest BCUT2D eigenvalue weighted by Gasteiger charge is -2.23. The van der Waals surface area contributed by atoms with E-state index in [0.717, 1.165) is 11.8 Å². The minimum absolute atomic E-state index is 0.120. The van der Waals surface area contributed by atoms with Gasteiger partial charge in [-0.15, -0.1) is 0 Å². The number of benzene rings is 1. The summed E-state index contributed by atoms with van der Waals surface area (Å²) in [5, 5.41) is 0. The van der Waals surface area contributed by atoms with E-state index in [-0.39, 0.29) is 17.4 Å². The molecule has 1 aromatic rings. The minimum atomic E-state index is -0.137. The second-order valence-corrected chi connectivity index (χ2v) is 5.74. The van der Waals surface area contributed by atoms with Gasteiger partial charge in [-0.05, 0) is 23.5 Å².